The number of carbonyl (C=O) groups excluding carboxylic acids is 2. The van der Waals surface area contributed by atoms with Crippen LogP contribution in [0.2, 0.25) is 0 Å². The fourth-order valence-electron chi connectivity index (χ4n) is 4.34. The molecule has 1 aliphatic heterocycles. The number of nitrogens with zero attached hydrogens (tertiary/aromatic N) is 2. The molecule has 3 aromatic carbocycles. The SMILES string of the molecule is COc1ccc(S(=O)(=O)N(C)c2ccc(C(=O)Nc3ccccc3C(=O)N3CCCCC3)cc2)cc1OC. The number of hydrogen-bond acceptors (Lipinski definition) is 6. The number of piperidine rings is 1. The standard InChI is InChI=1S/C28H31N3O6S/c1-30(38(34,35)22-15-16-25(36-2)26(19-22)37-3)21-13-11-20(12-14-21)27(32)29-24-10-6-5-9-23(24)28(33)31-17-7-4-8-18-31/h5-6,9-16,19H,4,7-8,17-18H2,1-3H3,(H,29,32). The van der Waals surface area contributed by atoms with Crippen LogP contribution in [0.15, 0.2) is 71.6 Å². The Morgan fingerprint density at radius 1 is 0.868 bits per heavy atom. The second-order valence-electron chi connectivity index (χ2n) is 8.89. The summed E-state index contributed by atoms with van der Waals surface area (Å²) >= 11 is 0. The highest BCUT2D eigenvalue weighted by Crippen LogP contribution is 2.32. The van der Waals surface area contributed by atoms with E-state index in [0.717, 1.165) is 23.6 Å². The highest BCUT2D eigenvalue weighted by molar-refractivity contribution is 7.92. The van der Waals surface area contributed by atoms with Crippen molar-refractivity contribution in [1.82, 2.24) is 4.90 Å². The molecule has 0 bridgehead atoms. The first-order valence-electron chi connectivity index (χ1n) is 12.3. The van der Waals surface area contributed by atoms with Gasteiger partial charge in [0.2, 0.25) is 0 Å². The number of ether oxygens (including phenoxy) is 2. The summed E-state index contributed by atoms with van der Waals surface area (Å²) in [6.45, 7) is 1.42. The van der Waals surface area contributed by atoms with Gasteiger partial charge in [0.1, 0.15) is 0 Å². The number of amides is 2. The van der Waals surface area contributed by atoms with Gasteiger partial charge in [0, 0.05) is 31.8 Å². The summed E-state index contributed by atoms with van der Waals surface area (Å²) in [4.78, 5) is 27.9. The predicted molar refractivity (Wildman–Crippen MR) is 146 cm³/mol. The molecule has 4 rings (SSSR count). The van der Waals surface area contributed by atoms with Crippen LogP contribution in [0.5, 0.6) is 11.5 Å². The third-order valence-corrected chi connectivity index (χ3v) is 8.34. The Balaban J connectivity index is 1.50. The topological polar surface area (TPSA) is 105 Å². The van der Waals surface area contributed by atoms with Crippen LogP contribution in [0.25, 0.3) is 0 Å². The molecule has 1 aliphatic rings. The summed E-state index contributed by atoms with van der Waals surface area (Å²) in [7, 11) is 0.439. The molecule has 9 nitrogen and oxygen atoms in total. The van der Waals surface area contributed by atoms with E-state index in [-0.39, 0.29) is 10.8 Å². The van der Waals surface area contributed by atoms with Crippen LogP contribution < -0.4 is 19.1 Å². The zero-order valence-electron chi connectivity index (χ0n) is 21.6. The summed E-state index contributed by atoms with van der Waals surface area (Å²) in [5.41, 5.74) is 1.58. The zero-order chi connectivity index (χ0) is 27.3. The van der Waals surface area contributed by atoms with Gasteiger partial charge in [-0.05, 0) is 67.8 Å². The quantitative estimate of drug-likeness (QED) is 0.457. The molecule has 38 heavy (non-hydrogen) atoms. The van der Waals surface area contributed by atoms with Crippen LogP contribution in [0, 0.1) is 0 Å². The largest absolute Gasteiger partial charge is 0.493 e. The third-order valence-electron chi connectivity index (χ3n) is 6.56. The van der Waals surface area contributed by atoms with Gasteiger partial charge in [-0.1, -0.05) is 12.1 Å². The molecule has 3 aromatic rings. The third kappa shape index (κ3) is 5.60. The molecule has 0 radical (unpaired) electrons. The van der Waals surface area contributed by atoms with E-state index in [1.54, 1.807) is 48.5 Å². The molecular weight excluding hydrogens is 506 g/mol. The minimum absolute atomic E-state index is 0.0365. The van der Waals surface area contributed by atoms with Crippen LogP contribution in [0.3, 0.4) is 0 Å². The maximum atomic E-state index is 13.2. The van der Waals surface area contributed by atoms with E-state index < -0.39 is 15.9 Å². The van der Waals surface area contributed by atoms with E-state index in [4.69, 9.17) is 9.47 Å². The number of likely N-dealkylation sites (tertiary alicyclic amines) is 1. The fraction of sp³-hybridized carbons (Fsp3) is 0.286. The lowest BCUT2D eigenvalue weighted by molar-refractivity contribution is 0.0725. The van der Waals surface area contributed by atoms with Crippen LogP contribution >= 0.6 is 0 Å². The Kier molecular flexibility index (Phi) is 8.21. The lowest BCUT2D eigenvalue weighted by Gasteiger charge is -2.27. The Bertz CT molecular complexity index is 1420. The fourth-order valence-corrected chi connectivity index (χ4v) is 5.55. The van der Waals surface area contributed by atoms with E-state index in [0.29, 0.717) is 47.1 Å². The number of anilines is 2. The molecule has 0 spiro atoms. The first-order chi connectivity index (χ1) is 18.3. The van der Waals surface area contributed by atoms with E-state index in [2.05, 4.69) is 5.32 Å². The smallest absolute Gasteiger partial charge is 0.264 e. The summed E-state index contributed by atoms with van der Waals surface area (Å²) in [5.74, 6) is 0.218. The van der Waals surface area contributed by atoms with E-state index >= 15 is 0 Å². The molecule has 10 heteroatoms. The lowest BCUT2D eigenvalue weighted by atomic mass is 10.1. The number of nitrogens with one attached hydrogen (secondary N) is 1. The van der Waals surface area contributed by atoms with Crippen molar-refractivity contribution in [2.75, 3.05) is 44.0 Å². The van der Waals surface area contributed by atoms with Crippen molar-refractivity contribution in [3.05, 3.63) is 77.9 Å². The molecule has 1 fully saturated rings. The van der Waals surface area contributed by atoms with Crippen LogP contribution in [-0.2, 0) is 10.0 Å². The van der Waals surface area contributed by atoms with Gasteiger partial charge in [-0.25, -0.2) is 8.42 Å². The monoisotopic (exact) mass is 537 g/mol. The number of carbonyl (C=O) groups is 2. The molecule has 1 heterocycles. The van der Waals surface area contributed by atoms with E-state index in [1.807, 2.05) is 4.90 Å². The summed E-state index contributed by atoms with van der Waals surface area (Å²) in [5, 5.41) is 2.83. The molecule has 0 saturated carbocycles. The maximum absolute atomic E-state index is 13.2. The number of methoxy groups -OCH3 is 2. The Morgan fingerprint density at radius 3 is 2.18 bits per heavy atom. The van der Waals surface area contributed by atoms with Crippen molar-refractivity contribution < 1.29 is 27.5 Å². The minimum Gasteiger partial charge on any atom is -0.493 e. The summed E-state index contributed by atoms with van der Waals surface area (Å²) < 4.78 is 38.0. The Labute approximate surface area is 223 Å². The van der Waals surface area contributed by atoms with Gasteiger partial charge in [0.15, 0.2) is 11.5 Å². The van der Waals surface area contributed by atoms with Gasteiger partial charge in [-0.15, -0.1) is 0 Å². The van der Waals surface area contributed by atoms with Gasteiger partial charge in [0.05, 0.1) is 36.1 Å². The average Bonchev–Trinajstić information content (AvgIpc) is 2.96. The van der Waals surface area contributed by atoms with E-state index in [9.17, 15) is 18.0 Å². The van der Waals surface area contributed by atoms with Gasteiger partial charge in [0.25, 0.3) is 21.8 Å². The molecule has 0 unspecified atom stereocenters. The number of hydrogen-bond donors (Lipinski definition) is 1. The summed E-state index contributed by atoms with van der Waals surface area (Å²) in [6, 6.07) is 17.5. The van der Waals surface area contributed by atoms with Crippen molar-refractivity contribution in [1.29, 1.82) is 0 Å². The van der Waals surface area contributed by atoms with Gasteiger partial charge < -0.3 is 19.7 Å². The van der Waals surface area contributed by atoms with Crippen molar-refractivity contribution in [3.63, 3.8) is 0 Å². The van der Waals surface area contributed by atoms with Crippen molar-refractivity contribution in [3.8, 4) is 11.5 Å². The maximum Gasteiger partial charge on any atom is 0.264 e. The van der Waals surface area contributed by atoms with Gasteiger partial charge in [-0.2, -0.15) is 0 Å². The molecule has 0 aliphatic carbocycles. The Morgan fingerprint density at radius 2 is 1.53 bits per heavy atom. The van der Waals surface area contributed by atoms with Crippen molar-refractivity contribution >= 4 is 33.2 Å². The van der Waals surface area contributed by atoms with Crippen LogP contribution in [0.4, 0.5) is 11.4 Å². The normalized spacial score (nSPS) is 13.5. The van der Waals surface area contributed by atoms with Crippen LogP contribution in [-0.4, -0.2) is 59.5 Å². The van der Waals surface area contributed by atoms with E-state index in [1.165, 1.54) is 39.5 Å². The van der Waals surface area contributed by atoms with Crippen molar-refractivity contribution in [2.45, 2.75) is 24.2 Å². The molecule has 1 saturated heterocycles. The molecular formula is C28H31N3O6S. The Hall–Kier alpha value is -4.05. The average molecular weight is 538 g/mol. The molecule has 1 N–H and O–H groups in total. The number of sulfonamides is 1. The molecule has 0 aromatic heterocycles. The van der Waals surface area contributed by atoms with Gasteiger partial charge in [-0.3, -0.25) is 13.9 Å². The van der Waals surface area contributed by atoms with Gasteiger partial charge >= 0.3 is 0 Å². The first kappa shape index (κ1) is 27.0. The molecule has 2 amide bonds. The molecule has 200 valence electrons. The first-order valence-corrected chi connectivity index (χ1v) is 13.7. The zero-order valence-corrected chi connectivity index (χ0v) is 22.5. The second kappa shape index (κ2) is 11.6. The predicted octanol–water partition coefficient (Wildman–Crippen LogP) is 4.41. The van der Waals surface area contributed by atoms with Crippen LogP contribution in [0.1, 0.15) is 40.0 Å². The van der Waals surface area contributed by atoms with Crippen molar-refractivity contribution in [2.24, 2.45) is 0 Å². The highest BCUT2D eigenvalue weighted by Gasteiger charge is 2.24. The number of rotatable bonds is 8. The number of para-hydroxylation sites is 1. The minimum atomic E-state index is -3.90. The summed E-state index contributed by atoms with van der Waals surface area (Å²) in [6.07, 6.45) is 3.06. The highest BCUT2D eigenvalue weighted by atomic mass is 32.2. The molecule has 0 atom stereocenters. The lowest BCUT2D eigenvalue weighted by Crippen LogP contribution is -2.36. The number of benzene rings is 3. The second-order valence-corrected chi connectivity index (χ2v) is 10.9.